The molecule has 0 aromatic carbocycles. The van der Waals surface area contributed by atoms with Crippen LogP contribution in [0.4, 0.5) is 0 Å². The third kappa shape index (κ3) is 5.18. The molecule has 3 aliphatic rings. The monoisotopic (exact) mass is 480 g/mol. The average molecular weight is 481 g/mol. The van der Waals surface area contributed by atoms with Gasteiger partial charge in [0.25, 0.3) is 0 Å². The van der Waals surface area contributed by atoms with Crippen molar-refractivity contribution in [3.63, 3.8) is 0 Å². The number of hydrogen-bond donors (Lipinski definition) is 2. The quantitative estimate of drug-likeness (QED) is 0.472. The second kappa shape index (κ2) is 10.3. The molecule has 0 radical (unpaired) electrons. The van der Waals surface area contributed by atoms with Crippen LogP contribution in [0.2, 0.25) is 0 Å². The predicted octanol–water partition coefficient (Wildman–Crippen LogP) is -0.738. The number of nitrogens with zero attached hydrogens (tertiary/aromatic N) is 3. The lowest BCUT2D eigenvalue weighted by atomic mass is 10.1. The zero-order chi connectivity index (χ0) is 25.3. The molecule has 1 unspecified atom stereocenters. The highest BCUT2D eigenvalue weighted by Gasteiger charge is 2.44. The van der Waals surface area contributed by atoms with Crippen LogP contribution in [-0.2, 0) is 28.7 Å². The lowest BCUT2D eigenvalue weighted by Gasteiger charge is -2.35. The molecule has 4 amide bonds. The molecule has 0 aromatic rings. The van der Waals surface area contributed by atoms with Gasteiger partial charge in [-0.3, -0.25) is 19.2 Å². The van der Waals surface area contributed by atoms with Gasteiger partial charge in [0.05, 0.1) is 12.5 Å². The van der Waals surface area contributed by atoms with Crippen molar-refractivity contribution in [2.24, 2.45) is 5.92 Å². The Morgan fingerprint density at radius 3 is 2.35 bits per heavy atom. The standard InChI is InChI=1S/C23H36N4O7/c1-12-9-17-23(33)34-13(2)10-18(29)26-8-6-7-16(26)22(32)25(5)19(15(4)28)20(30)24-14(3)21(31)27(17)11-12/h12-17,19,28H,6-11H2,1-5H3,(H,24,30)/t12-,13-,14-,15-,16-,17-,19?/m0/s1. The summed E-state index contributed by atoms with van der Waals surface area (Å²) >= 11 is 0. The van der Waals surface area contributed by atoms with Gasteiger partial charge in [0.1, 0.15) is 30.3 Å². The maximum absolute atomic E-state index is 13.3. The van der Waals surface area contributed by atoms with Crippen molar-refractivity contribution >= 4 is 29.6 Å². The Balaban J connectivity index is 1.95. The summed E-state index contributed by atoms with van der Waals surface area (Å²) in [7, 11) is 1.42. The normalized spacial score (nSPS) is 35.1. The number of likely N-dealkylation sites (N-methyl/N-ethyl adjacent to an activating group) is 1. The number of fused-ring (bicyclic) bond motifs is 2. The fourth-order valence-corrected chi connectivity index (χ4v) is 5.22. The van der Waals surface area contributed by atoms with E-state index in [-0.39, 0.29) is 18.2 Å². The molecule has 190 valence electrons. The zero-order valence-corrected chi connectivity index (χ0v) is 20.5. The highest BCUT2D eigenvalue weighted by atomic mass is 16.5. The van der Waals surface area contributed by atoms with Gasteiger partial charge in [0.15, 0.2) is 0 Å². The molecule has 34 heavy (non-hydrogen) atoms. The van der Waals surface area contributed by atoms with Gasteiger partial charge in [0.2, 0.25) is 23.6 Å². The number of aliphatic hydroxyl groups excluding tert-OH is 1. The van der Waals surface area contributed by atoms with Crippen LogP contribution in [0.1, 0.15) is 53.4 Å². The van der Waals surface area contributed by atoms with E-state index < -0.39 is 60.1 Å². The minimum atomic E-state index is -1.25. The summed E-state index contributed by atoms with van der Waals surface area (Å²) in [5.74, 6) is -2.44. The Labute approximate surface area is 199 Å². The molecule has 11 nitrogen and oxygen atoms in total. The molecule has 0 saturated carbocycles. The zero-order valence-electron chi connectivity index (χ0n) is 20.5. The maximum atomic E-state index is 13.3. The molecule has 0 spiro atoms. The first-order valence-electron chi connectivity index (χ1n) is 12.0. The van der Waals surface area contributed by atoms with Crippen LogP contribution >= 0.6 is 0 Å². The van der Waals surface area contributed by atoms with E-state index in [4.69, 9.17) is 4.74 Å². The Morgan fingerprint density at radius 1 is 1.03 bits per heavy atom. The minimum absolute atomic E-state index is 0.0581. The van der Waals surface area contributed by atoms with Crippen molar-refractivity contribution in [2.75, 3.05) is 20.1 Å². The molecule has 3 fully saturated rings. The van der Waals surface area contributed by atoms with Crippen LogP contribution in [0, 0.1) is 5.92 Å². The molecule has 3 rings (SSSR count). The number of rotatable bonds is 1. The van der Waals surface area contributed by atoms with Gasteiger partial charge in [-0.2, -0.15) is 0 Å². The van der Waals surface area contributed by atoms with Crippen LogP contribution in [0.15, 0.2) is 0 Å². The van der Waals surface area contributed by atoms with Crippen LogP contribution in [0.5, 0.6) is 0 Å². The molecular weight excluding hydrogens is 444 g/mol. The van der Waals surface area contributed by atoms with E-state index in [0.29, 0.717) is 32.4 Å². The van der Waals surface area contributed by atoms with Gasteiger partial charge in [-0.15, -0.1) is 0 Å². The van der Waals surface area contributed by atoms with Gasteiger partial charge >= 0.3 is 5.97 Å². The van der Waals surface area contributed by atoms with Gasteiger partial charge in [0, 0.05) is 20.1 Å². The summed E-state index contributed by atoms with van der Waals surface area (Å²) in [6.07, 6.45) is -0.552. The molecule has 2 N–H and O–H groups in total. The number of esters is 1. The lowest BCUT2D eigenvalue weighted by Crippen LogP contribution is -2.60. The number of carbonyl (C=O) groups is 5. The molecule has 0 bridgehead atoms. The topological polar surface area (TPSA) is 137 Å². The number of cyclic esters (lactones) is 1. The summed E-state index contributed by atoms with van der Waals surface area (Å²) in [5.41, 5.74) is 0. The summed E-state index contributed by atoms with van der Waals surface area (Å²) in [4.78, 5) is 69.4. The molecule has 3 heterocycles. The molecule has 3 saturated heterocycles. The number of ether oxygens (including phenoxy) is 1. The molecule has 0 aliphatic carbocycles. The SMILES string of the molecule is C[C@H]1C[C@H]2C(=O)O[C@@H](C)CC(=O)N3CCC[C@H]3C(=O)N(C)C([C@H](C)O)C(=O)N[C@@H](C)C(=O)N2C1. The Morgan fingerprint density at radius 2 is 1.71 bits per heavy atom. The summed E-state index contributed by atoms with van der Waals surface area (Å²) in [6, 6.07) is -3.80. The predicted molar refractivity (Wildman–Crippen MR) is 120 cm³/mol. The fourth-order valence-electron chi connectivity index (χ4n) is 5.22. The first-order valence-corrected chi connectivity index (χ1v) is 12.0. The van der Waals surface area contributed by atoms with Gasteiger partial charge in [-0.1, -0.05) is 6.92 Å². The molecule has 0 aromatic heterocycles. The first-order chi connectivity index (χ1) is 15.9. The van der Waals surface area contributed by atoms with E-state index in [1.807, 2.05) is 6.92 Å². The van der Waals surface area contributed by atoms with E-state index >= 15 is 0 Å². The second-order valence-electron chi connectivity index (χ2n) is 9.91. The second-order valence-corrected chi connectivity index (χ2v) is 9.91. The van der Waals surface area contributed by atoms with E-state index in [0.717, 1.165) is 4.90 Å². The van der Waals surface area contributed by atoms with E-state index in [9.17, 15) is 29.1 Å². The molecule has 11 heteroatoms. The van der Waals surface area contributed by atoms with Crippen LogP contribution < -0.4 is 5.32 Å². The number of hydrogen-bond acceptors (Lipinski definition) is 7. The lowest BCUT2D eigenvalue weighted by molar-refractivity contribution is -0.160. The summed E-state index contributed by atoms with van der Waals surface area (Å²) < 4.78 is 5.54. The van der Waals surface area contributed by atoms with Crippen molar-refractivity contribution in [3.05, 3.63) is 0 Å². The Bertz CT molecular complexity index is 847. The Hall–Kier alpha value is -2.69. The largest absolute Gasteiger partial charge is 0.461 e. The summed E-state index contributed by atoms with van der Waals surface area (Å²) in [5, 5.41) is 12.9. The number of aliphatic hydroxyl groups is 1. The van der Waals surface area contributed by atoms with Crippen molar-refractivity contribution < 1.29 is 33.8 Å². The summed E-state index contributed by atoms with van der Waals surface area (Å²) in [6.45, 7) is 7.16. The van der Waals surface area contributed by atoms with Crippen LogP contribution in [0.3, 0.4) is 0 Å². The van der Waals surface area contributed by atoms with Crippen LogP contribution in [0.25, 0.3) is 0 Å². The van der Waals surface area contributed by atoms with Gasteiger partial charge < -0.3 is 29.9 Å². The van der Waals surface area contributed by atoms with Crippen molar-refractivity contribution in [3.8, 4) is 0 Å². The highest BCUT2D eigenvalue weighted by Crippen LogP contribution is 2.27. The third-order valence-electron chi connectivity index (χ3n) is 6.92. The van der Waals surface area contributed by atoms with Crippen molar-refractivity contribution in [2.45, 2.75) is 89.8 Å². The first kappa shape index (κ1) is 25.9. The number of carbonyl (C=O) groups excluding carboxylic acids is 5. The smallest absolute Gasteiger partial charge is 0.329 e. The molecule has 7 atom stereocenters. The van der Waals surface area contributed by atoms with E-state index in [2.05, 4.69) is 5.32 Å². The minimum Gasteiger partial charge on any atom is -0.461 e. The van der Waals surface area contributed by atoms with Gasteiger partial charge in [-0.05, 0) is 46.0 Å². The van der Waals surface area contributed by atoms with Crippen molar-refractivity contribution in [1.82, 2.24) is 20.0 Å². The van der Waals surface area contributed by atoms with Crippen molar-refractivity contribution in [1.29, 1.82) is 0 Å². The van der Waals surface area contributed by atoms with E-state index in [1.54, 1.807) is 6.92 Å². The number of nitrogens with one attached hydrogen (secondary N) is 1. The fraction of sp³-hybridized carbons (Fsp3) is 0.783. The molecular formula is C23H36N4O7. The average Bonchev–Trinajstić information content (AvgIpc) is 3.38. The third-order valence-corrected chi connectivity index (χ3v) is 6.92. The maximum Gasteiger partial charge on any atom is 0.329 e. The Kier molecular flexibility index (Phi) is 7.84. The van der Waals surface area contributed by atoms with E-state index in [1.165, 1.54) is 30.7 Å². The highest BCUT2D eigenvalue weighted by molar-refractivity contribution is 5.95. The van der Waals surface area contributed by atoms with Gasteiger partial charge in [-0.25, -0.2) is 4.79 Å². The number of amides is 4. The van der Waals surface area contributed by atoms with Crippen LogP contribution in [-0.4, -0.2) is 106 Å². The molecule has 3 aliphatic heterocycles.